The van der Waals surface area contributed by atoms with Crippen LogP contribution >= 0.6 is 11.6 Å². The molecule has 1 nitrogen and oxygen atoms in total. The van der Waals surface area contributed by atoms with Crippen LogP contribution in [0.3, 0.4) is 0 Å². The molecule has 2 aliphatic rings. The second-order valence-corrected chi connectivity index (χ2v) is 5.07. The molecule has 0 radical (unpaired) electrons. The van der Waals surface area contributed by atoms with Crippen LogP contribution in [-0.2, 0) is 4.74 Å². The van der Waals surface area contributed by atoms with Crippen LogP contribution in [0.2, 0.25) is 0 Å². The molecule has 1 aliphatic heterocycles. The number of halogens is 1. The molecule has 2 rings (SSSR count). The number of ether oxygens (including phenoxy) is 1. The zero-order chi connectivity index (χ0) is 10.0. The van der Waals surface area contributed by atoms with Gasteiger partial charge in [-0.15, -0.1) is 11.6 Å². The minimum absolute atomic E-state index is 0.393. The van der Waals surface area contributed by atoms with E-state index in [1.807, 2.05) is 0 Å². The summed E-state index contributed by atoms with van der Waals surface area (Å²) in [4.78, 5) is 0. The molecule has 14 heavy (non-hydrogen) atoms. The standard InChI is InChI=1S/C12H17ClO/c1-12(8-14-9-12)6-10-4-2-3-5-11(10)7-13/h2-5,10-11H,6-9H2,1H3. The molecule has 0 aromatic carbocycles. The van der Waals surface area contributed by atoms with Gasteiger partial charge in [0.2, 0.25) is 0 Å². The molecule has 0 spiro atoms. The maximum atomic E-state index is 5.95. The number of hydrogen-bond acceptors (Lipinski definition) is 1. The maximum absolute atomic E-state index is 5.95. The zero-order valence-corrected chi connectivity index (χ0v) is 9.33. The van der Waals surface area contributed by atoms with Crippen molar-refractivity contribution in [3.05, 3.63) is 24.3 Å². The molecule has 0 aromatic heterocycles. The second-order valence-electron chi connectivity index (χ2n) is 4.76. The molecule has 0 aromatic rings. The van der Waals surface area contributed by atoms with E-state index in [0.29, 0.717) is 17.3 Å². The predicted octanol–water partition coefficient (Wildman–Crippen LogP) is 3.01. The molecule has 0 saturated carbocycles. The highest BCUT2D eigenvalue weighted by Crippen LogP contribution is 2.38. The predicted molar refractivity (Wildman–Crippen MR) is 59.5 cm³/mol. The molecule has 1 fully saturated rings. The van der Waals surface area contributed by atoms with E-state index in [0.717, 1.165) is 19.1 Å². The first kappa shape index (κ1) is 10.3. The minimum atomic E-state index is 0.393. The van der Waals surface area contributed by atoms with Crippen molar-refractivity contribution in [2.75, 3.05) is 19.1 Å². The number of alkyl halides is 1. The van der Waals surface area contributed by atoms with Crippen molar-refractivity contribution >= 4 is 11.6 Å². The van der Waals surface area contributed by atoms with Gasteiger partial charge in [-0.05, 0) is 18.3 Å². The molecule has 1 aliphatic carbocycles. The molecule has 2 atom stereocenters. The van der Waals surface area contributed by atoms with Crippen LogP contribution in [0, 0.1) is 17.3 Å². The normalized spacial score (nSPS) is 34.1. The molecule has 2 unspecified atom stereocenters. The Morgan fingerprint density at radius 2 is 1.93 bits per heavy atom. The first-order valence-electron chi connectivity index (χ1n) is 5.22. The van der Waals surface area contributed by atoms with Crippen LogP contribution in [0.1, 0.15) is 13.3 Å². The maximum Gasteiger partial charge on any atom is 0.0542 e. The summed E-state index contributed by atoms with van der Waals surface area (Å²) in [5.41, 5.74) is 0.393. The number of allylic oxidation sites excluding steroid dienone is 4. The van der Waals surface area contributed by atoms with Gasteiger partial charge in [0.05, 0.1) is 13.2 Å². The minimum Gasteiger partial charge on any atom is -0.380 e. The topological polar surface area (TPSA) is 9.23 Å². The van der Waals surface area contributed by atoms with Gasteiger partial charge in [0, 0.05) is 11.3 Å². The highest BCUT2D eigenvalue weighted by Gasteiger charge is 2.36. The highest BCUT2D eigenvalue weighted by atomic mass is 35.5. The van der Waals surface area contributed by atoms with Crippen LogP contribution in [0.15, 0.2) is 24.3 Å². The molecule has 1 heterocycles. The van der Waals surface area contributed by atoms with Crippen LogP contribution < -0.4 is 0 Å². The average molecular weight is 213 g/mol. The summed E-state index contributed by atoms with van der Waals surface area (Å²) in [5, 5.41) is 0. The zero-order valence-electron chi connectivity index (χ0n) is 8.58. The summed E-state index contributed by atoms with van der Waals surface area (Å²) in [7, 11) is 0. The lowest BCUT2D eigenvalue weighted by Crippen LogP contribution is -2.42. The smallest absolute Gasteiger partial charge is 0.0542 e. The van der Waals surface area contributed by atoms with Gasteiger partial charge in [-0.3, -0.25) is 0 Å². The van der Waals surface area contributed by atoms with Gasteiger partial charge in [-0.1, -0.05) is 31.2 Å². The van der Waals surface area contributed by atoms with Crippen molar-refractivity contribution in [1.82, 2.24) is 0 Å². The fourth-order valence-electron chi connectivity index (χ4n) is 2.22. The van der Waals surface area contributed by atoms with Crippen molar-refractivity contribution in [3.63, 3.8) is 0 Å². The largest absolute Gasteiger partial charge is 0.380 e. The Morgan fingerprint density at radius 3 is 2.43 bits per heavy atom. The van der Waals surface area contributed by atoms with Gasteiger partial charge >= 0.3 is 0 Å². The van der Waals surface area contributed by atoms with Gasteiger partial charge in [-0.2, -0.15) is 0 Å². The third-order valence-electron chi connectivity index (χ3n) is 3.19. The molecule has 2 heteroatoms. The third kappa shape index (κ3) is 2.04. The van der Waals surface area contributed by atoms with E-state index in [4.69, 9.17) is 16.3 Å². The monoisotopic (exact) mass is 212 g/mol. The lowest BCUT2D eigenvalue weighted by molar-refractivity contribution is -0.112. The summed E-state index contributed by atoms with van der Waals surface area (Å²) in [6.07, 6.45) is 9.95. The van der Waals surface area contributed by atoms with E-state index >= 15 is 0 Å². The Labute approximate surface area is 90.8 Å². The number of hydrogen-bond donors (Lipinski definition) is 0. The quantitative estimate of drug-likeness (QED) is 0.654. The third-order valence-corrected chi connectivity index (χ3v) is 3.54. The fraction of sp³-hybridized carbons (Fsp3) is 0.667. The van der Waals surface area contributed by atoms with Crippen molar-refractivity contribution in [2.24, 2.45) is 17.3 Å². The van der Waals surface area contributed by atoms with Crippen molar-refractivity contribution in [2.45, 2.75) is 13.3 Å². The summed E-state index contributed by atoms with van der Waals surface area (Å²) in [6.45, 7) is 4.13. The van der Waals surface area contributed by atoms with Crippen LogP contribution in [0.25, 0.3) is 0 Å². The Hall–Kier alpha value is -0.270. The second kappa shape index (κ2) is 4.08. The van der Waals surface area contributed by atoms with Crippen LogP contribution in [-0.4, -0.2) is 19.1 Å². The van der Waals surface area contributed by atoms with Crippen LogP contribution in [0.5, 0.6) is 0 Å². The van der Waals surface area contributed by atoms with Gasteiger partial charge in [0.1, 0.15) is 0 Å². The molecular formula is C12H17ClO. The van der Waals surface area contributed by atoms with E-state index in [1.54, 1.807) is 0 Å². The Balaban J connectivity index is 1.95. The summed E-state index contributed by atoms with van der Waals surface area (Å²) in [6, 6.07) is 0. The van der Waals surface area contributed by atoms with E-state index in [2.05, 4.69) is 31.2 Å². The number of rotatable bonds is 3. The summed E-state index contributed by atoms with van der Waals surface area (Å²) in [5.74, 6) is 1.84. The fourth-order valence-corrected chi connectivity index (χ4v) is 2.55. The van der Waals surface area contributed by atoms with E-state index < -0.39 is 0 Å². The molecule has 78 valence electrons. The first-order chi connectivity index (χ1) is 6.73. The molecule has 0 bridgehead atoms. The van der Waals surface area contributed by atoms with E-state index in [-0.39, 0.29) is 0 Å². The molecular weight excluding hydrogens is 196 g/mol. The summed E-state index contributed by atoms with van der Waals surface area (Å²) < 4.78 is 5.27. The van der Waals surface area contributed by atoms with Crippen molar-refractivity contribution in [1.29, 1.82) is 0 Å². The van der Waals surface area contributed by atoms with Crippen molar-refractivity contribution in [3.8, 4) is 0 Å². The Bertz CT molecular complexity index is 253. The van der Waals surface area contributed by atoms with Gasteiger partial charge in [0.25, 0.3) is 0 Å². The molecule has 0 amide bonds. The Morgan fingerprint density at radius 1 is 1.29 bits per heavy atom. The highest BCUT2D eigenvalue weighted by molar-refractivity contribution is 6.18. The molecule has 0 N–H and O–H groups in total. The summed E-state index contributed by atoms with van der Waals surface area (Å²) >= 11 is 5.95. The molecule has 1 saturated heterocycles. The lowest BCUT2D eigenvalue weighted by Gasteiger charge is -2.41. The first-order valence-corrected chi connectivity index (χ1v) is 5.76. The van der Waals surface area contributed by atoms with Crippen molar-refractivity contribution < 1.29 is 4.74 Å². The van der Waals surface area contributed by atoms with Gasteiger partial charge < -0.3 is 4.74 Å². The van der Waals surface area contributed by atoms with Gasteiger partial charge in [-0.25, -0.2) is 0 Å². The lowest BCUT2D eigenvalue weighted by atomic mass is 9.74. The van der Waals surface area contributed by atoms with Gasteiger partial charge in [0.15, 0.2) is 0 Å². The van der Waals surface area contributed by atoms with Crippen LogP contribution in [0.4, 0.5) is 0 Å². The van der Waals surface area contributed by atoms with E-state index in [9.17, 15) is 0 Å². The average Bonchev–Trinajstić information content (AvgIpc) is 2.16. The van der Waals surface area contributed by atoms with E-state index in [1.165, 1.54) is 6.42 Å². The Kier molecular flexibility index (Phi) is 2.99. The SMILES string of the molecule is CC1(CC2C=CC=CC2CCl)COC1.